The van der Waals surface area contributed by atoms with E-state index in [9.17, 15) is 12.8 Å². The van der Waals surface area contributed by atoms with Gasteiger partial charge < -0.3 is 4.74 Å². The lowest BCUT2D eigenvalue weighted by molar-refractivity contribution is 0.328. The van der Waals surface area contributed by atoms with E-state index in [-0.39, 0.29) is 19.0 Å². The summed E-state index contributed by atoms with van der Waals surface area (Å²) < 4.78 is 43.3. The zero-order valence-corrected chi connectivity index (χ0v) is 13.3. The minimum atomic E-state index is -3.52. The van der Waals surface area contributed by atoms with E-state index in [1.165, 1.54) is 30.3 Å². The van der Waals surface area contributed by atoms with Gasteiger partial charge in [0.15, 0.2) is 0 Å². The van der Waals surface area contributed by atoms with Crippen molar-refractivity contribution in [2.24, 2.45) is 0 Å². The topological polar surface area (TPSA) is 70.4 Å². The molecule has 120 valence electrons. The van der Waals surface area contributed by atoms with Gasteiger partial charge in [0.05, 0.1) is 30.1 Å². The van der Waals surface area contributed by atoms with Crippen LogP contribution in [0.4, 0.5) is 10.1 Å². The van der Waals surface area contributed by atoms with Crippen molar-refractivity contribution in [1.82, 2.24) is 0 Å². The number of nitrogens with zero attached hydrogens (tertiary/aromatic N) is 2. The minimum absolute atomic E-state index is 0.0745. The van der Waals surface area contributed by atoms with Gasteiger partial charge in [0.25, 0.3) is 0 Å². The highest BCUT2D eigenvalue weighted by Crippen LogP contribution is 2.19. The van der Waals surface area contributed by atoms with Crippen molar-refractivity contribution in [1.29, 1.82) is 5.26 Å². The smallest absolute Gasteiger partial charge is 0.232 e. The molecule has 0 atom stereocenters. The standard InChI is InChI=1S/C16H15FN2O3S/c1-23(20,21)19(15-4-2-3-13(11-15)12-18)9-10-22-16-7-5-14(17)6-8-16/h2-8,11H,9-10H2,1H3. The van der Waals surface area contributed by atoms with Crippen LogP contribution in [0.5, 0.6) is 5.75 Å². The molecule has 0 aliphatic heterocycles. The predicted octanol–water partition coefficient (Wildman–Crippen LogP) is 2.54. The second kappa shape index (κ2) is 7.11. The number of hydrogen-bond donors (Lipinski definition) is 0. The maximum absolute atomic E-state index is 12.8. The maximum Gasteiger partial charge on any atom is 0.232 e. The molecule has 2 rings (SSSR count). The second-order valence-electron chi connectivity index (χ2n) is 4.80. The number of nitriles is 1. The number of ether oxygens (including phenoxy) is 1. The van der Waals surface area contributed by atoms with Crippen LogP contribution in [0.2, 0.25) is 0 Å². The van der Waals surface area contributed by atoms with Gasteiger partial charge in [-0.15, -0.1) is 0 Å². The van der Waals surface area contributed by atoms with Crippen molar-refractivity contribution in [3.05, 3.63) is 59.9 Å². The molecule has 0 aliphatic rings. The number of hydrogen-bond acceptors (Lipinski definition) is 4. The average Bonchev–Trinajstić information content (AvgIpc) is 2.52. The average molecular weight is 334 g/mol. The van der Waals surface area contributed by atoms with Gasteiger partial charge in [0, 0.05) is 0 Å². The first kappa shape index (κ1) is 16.8. The monoisotopic (exact) mass is 334 g/mol. The predicted molar refractivity (Wildman–Crippen MR) is 85.2 cm³/mol. The third-order valence-corrected chi connectivity index (χ3v) is 4.23. The molecule has 0 amide bonds. The van der Waals surface area contributed by atoms with Crippen molar-refractivity contribution in [2.45, 2.75) is 0 Å². The molecule has 23 heavy (non-hydrogen) atoms. The second-order valence-corrected chi connectivity index (χ2v) is 6.71. The summed E-state index contributed by atoms with van der Waals surface area (Å²) in [5.41, 5.74) is 0.768. The lowest BCUT2D eigenvalue weighted by Crippen LogP contribution is -2.33. The molecule has 0 bridgehead atoms. The Morgan fingerprint density at radius 3 is 2.52 bits per heavy atom. The summed E-state index contributed by atoms with van der Waals surface area (Å²) >= 11 is 0. The maximum atomic E-state index is 12.8. The molecular formula is C16H15FN2O3S. The van der Waals surface area contributed by atoms with Crippen LogP contribution in [-0.2, 0) is 10.0 Å². The molecule has 0 spiro atoms. The molecule has 0 aliphatic carbocycles. The molecule has 2 aromatic rings. The van der Waals surface area contributed by atoms with Crippen molar-refractivity contribution in [2.75, 3.05) is 23.7 Å². The fraction of sp³-hybridized carbons (Fsp3) is 0.188. The van der Waals surface area contributed by atoms with Gasteiger partial charge in [-0.1, -0.05) is 6.07 Å². The number of sulfonamides is 1. The third-order valence-electron chi connectivity index (χ3n) is 3.04. The van der Waals surface area contributed by atoms with E-state index in [2.05, 4.69) is 0 Å². The lowest BCUT2D eigenvalue weighted by atomic mass is 10.2. The van der Waals surface area contributed by atoms with E-state index < -0.39 is 10.0 Å². The first-order valence-electron chi connectivity index (χ1n) is 6.76. The van der Waals surface area contributed by atoms with Gasteiger partial charge in [-0.2, -0.15) is 5.26 Å². The molecule has 7 heteroatoms. The van der Waals surface area contributed by atoms with Crippen molar-refractivity contribution in [3.63, 3.8) is 0 Å². The molecule has 0 saturated heterocycles. The zero-order valence-electron chi connectivity index (χ0n) is 12.4. The van der Waals surface area contributed by atoms with Gasteiger partial charge in [0.2, 0.25) is 10.0 Å². The zero-order chi connectivity index (χ0) is 16.9. The quantitative estimate of drug-likeness (QED) is 0.814. The Morgan fingerprint density at radius 1 is 1.22 bits per heavy atom. The van der Waals surface area contributed by atoms with Gasteiger partial charge in [0.1, 0.15) is 18.2 Å². The highest BCUT2D eigenvalue weighted by molar-refractivity contribution is 7.92. The molecule has 0 fully saturated rings. The number of rotatable bonds is 6. The molecule has 2 aromatic carbocycles. The fourth-order valence-electron chi connectivity index (χ4n) is 1.99. The van der Waals surface area contributed by atoms with E-state index in [1.54, 1.807) is 18.2 Å². The van der Waals surface area contributed by atoms with Crippen LogP contribution < -0.4 is 9.04 Å². The van der Waals surface area contributed by atoms with Gasteiger partial charge >= 0.3 is 0 Å². The molecule has 0 aromatic heterocycles. The van der Waals surface area contributed by atoms with E-state index in [0.717, 1.165) is 10.6 Å². The Balaban J connectivity index is 2.11. The SMILES string of the molecule is CS(=O)(=O)N(CCOc1ccc(F)cc1)c1cccc(C#N)c1. The van der Waals surface area contributed by atoms with Crippen LogP contribution in [0.1, 0.15) is 5.56 Å². The van der Waals surface area contributed by atoms with Crippen LogP contribution in [-0.4, -0.2) is 27.8 Å². The summed E-state index contributed by atoms with van der Waals surface area (Å²) in [5.74, 6) is 0.0778. The first-order valence-corrected chi connectivity index (χ1v) is 8.61. The summed E-state index contributed by atoms with van der Waals surface area (Å²) in [6.07, 6.45) is 1.09. The van der Waals surface area contributed by atoms with Crippen molar-refractivity contribution < 1.29 is 17.5 Å². The minimum Gasteiger partial charge on any atom is -0.492 e. The first-order chi connectivity index (χ1) is 10.9. The molecule has 0 radical (unpaired) electrons. The Bertz CT molecular complexity index is 814. The van der Waals surface area contributed by atoms with Crippen molar-refractivity contribution >= 4 is 15.7 Å². The summed E-state index contributed by atoms with van der Waals surface area (Å²) in [7, 11) is -3.52. The fourth-order valence-corrected chi connectivity index (χ4v) is 2.90. The highest BCUT2D eigenvalue weighted by Gasteiger charge is 2.17. The summed E-state index contributed by atoms with van der Waals surface area (Å²) in [4.78, 5) is 0. The Morgan fingerprint density at radius 2 is 1.91 bits per heavy atom. The van der Waals surface area contributed by atoms with Gasteiger partial charge in [-0.3, -0.25) is 4.31 Å². The van der Waals surface area contributed by atoms with E-state index in [0.29, 0.717) is 17.0 Å². The number of benzene rings is 2. The van der Waals surface area contributed by atoms with Crippen LogP contribution in [0.3, 0.4) is 0 Å². The Kier molecular flexibility index (Phi) is 5.19. The van der Waals surface area contributed by atoms with Crippen LogP contribution >= 0.6 is 0 Å². The molecular weight excluding hydrogens is 319 g/mol. The lowest BCUT2D eigenvalue weighted by Gasteiger charge is -2.22. The van der Waals surface area contributed by atoms with E-state index in [4.69, 9.17) is 10.00 Å². The normalized spacial score (nSPS) is 10.8. The largest absolute Gasteiger partial charge is 0.492 e. The number of halogens is 1. The van der Waals surface area contributed by atoms with E-state index >= 15 is 0 Å². The summed E-state index contributed by atoms with van der Waals surface area (Å²) in [6.45, 7) is 0.167. The van der Waals surface area contributed by atoms with E-state index in [1.807, 2.05) is 6.07 Å². The molecule has 0 unspecified atom stereocenters. The Labute approximate surface area is 134 Å². The summed E-state index contributed by atoms with van der Waals surface area (Å²) in [5, 5.41) is 8.92. The molecule has 0 N–H and O–H groups in total. The van der Waals surface area contributed by atoms with Crippen LogP contribution in [0.25, 0.3) is 0 Å². The Hall–Kier alpha value is -2.59. The summed E-state index contributed by atoms with van der Waals surface area (Å²) in [6, 6.07) is 13.8. The molecule has 0 heterocycles. The van der Waals surface area contributed by atoms with Gasteiger partial charge in [-0.05, 0) is 42.5 Å². The van der Waals surface area contributed by atoms with Crippen molar-refractivity contribution in [3.8, 4) is 11.8 Å². The molecule has 0 saturated carbocycles. The van der Waals surface area contributed by atoms with Gasteiger partial charge in [-0.25, -0.2) is 12.8 Å². The molecule has 5 nitrogen and oxygen atoms in total. The van der Waals surface area contributed by atoms with Crippen LogP contribution in [0, 0.1) is 17.1 Å². The highest BCUT2D eigenvalue weighted by atomic mass is 32.2. The number of anilines is 1. The third kappa shape index (κ3) is 4.69. The van der Waals surface area contributed by atoms with Crippen LogP contribution in [0.15, 0.2) is 48.5 Å².